The highest BCUT2D eigenvalue weighted by molar-refractivity contribution is 7.89. The quantitative estimate of drug-likeness (QED) is 0.562. The van der Waals surface area contributed by atoms with Gasteiger partial charge in [-0.15, -0.1) is 0 Å². The Labute approximate surface area is 212 Å². The van der Waals surface area contributed by atoms with Gasteiger partial charge in [0.25, 0.3) is 0 Å². The van der Waals surface area contributed by atoms with Crippen LogP contribution in [0.3, 0.4) is 0 Å². The van der Waals surface area contributed by atoms with Crippen LogP contribution in [0.5, 0.6) is 0 Å². The van der Waals surface area contributed by atoms with Gasteiger partial charge >= 0.3 is 0 Å². The maximum absolute atomic E-state index is 13.1. The molecule has 0 bridgehead atoms. The lowest BCUT2D eigenvalue weighted by atomic mass is 9.96. The van der Waals surface area contributed by atoms with Crippen molar-refractivity contribution in [2.45, 2.75) is 30.4 Å². The van der Waals surface area contributed by atoms with Crippen molar-refractivity contribution in [2.75, 3.05) is 39.3 Å². The van der Waals surface area contributed by atoms with Crippen molar-refractivity contribution < 1.29 is 21.6 Å². The molecule has 1 amide bonds. The summed E-state index contributed by atoms with van der Waals surface area (Å²) in [4.78, 5) is 15.0. The molecule has 0 unspecified atom stereocenters. The number of benzene rings is 2. The molecule has 0 aromatic heterocycles. The number of rotatable bonds is 6. The summed E-state index contributed by atoms with van der Waals surface area (Å²) in [5.74, 6) is -0.402. The van der Waals surface area contributed by atoms with Crippen molar-refractivity contribution in [1.29, 1.82) is 0 Å². The molecule has 0 atom stereocenters. The van der Waals surface area contributed by atoms with Gasteiger partial charge in [0.2, 0.25) is 26.0 Å². The predicted molar refractivity (Wildman–Crippen MR) is 135 cm³/mol. The summed E-state index contributed by atoms with van der Waals surface area (Å²) in [6, 6.07) is 13.6. The summed E-state index contributed by atoms with van der Waals surface area (Å²) >= 11 is 5.97. The number of carbonyl (C=O) groups excluding carboxylic acids is 1. The van der Waals surface area contributed by atoms with Gasteiger partial charge in [0, 0.05) is 50.2 Å². The number of piperidine rings is 1. The van der Waals surface area contributed by atoms with E-state index >= 15 is 0 Å². The smallest absolute Gasteiger partial charge is 0.243 e. The molecule has 0 saturated carbocycles. The lowest BCUT2D eigenvalue weighted by molar-refractivity contribution is -0.137. The number of sulfonamides is 2. The molecule has 2 aromatic rings. The highest BCUT2D eigenvalue weighted by Gasteiger charge is 2.36. The molecule has 11 heteroatoms. The zero-order valence-electron chi connectivity index (χ0n) is 19.6. The number of hydrogen-bond donors (Lipinski definition) is 0. The Balaban J connectivity index is 1.29. The van der Waals surface area contributed by atoms with Crippen LogP contribution in [0, 0.1) is 12.8 Å². The Bertz CT molecular complexity index is 1270. The Morgan fingerprint density at radius 1 is 0.886 bits per heavy atom. The number of hydrogen-bond acceptors (Lipinski definition) is 5. The minimum Gasteiger partial charge on any atom is -0.340 e. The second-order valence-corrected chi connectivity index (χ2v) is 13.4. The van der Waals surface area contributed by atoms with Crippen LogP contribution < -0.4 is 0 Å². The minimum absolute atomic E-state index is 0.0238. The molecule has 2 aromatic carbocycles. The van der Waals surface area contributed by atoms with Crippen LogP contribution in [0.15, 0.2) is 53.4 Å². The van der Waals surface area contributed by atoms with E-state index in [1.165, 1.54) is 8.61 Å². The molecule has 2 aliphatic heterocycles. The van der Waals surface area contributed by atoms with Gasteiger partial charge in [-0.25, -0.2) is 21.1 Å². The Hall–Kier alpha value is -1.98. The van der Waals surface area contributed by atoms with Gasteiger partial charge in [0.05, 0.1) is 10.6 Å². The Morgan fingerprint density at radius 2 is 1.51 bits per heavy atom. The normalized spacial score (nSPS) is 19.1. The van der Waals surface area contributed by atoms with Gasteiger partial charge in [-0.3, -0.25) is 4.79 Å². The number of piperazine rings is 1. The second kappa shape index (κ2) is 10.6. The predicted octanol–water partition coefficient (Wildman–Crippen LogP) is 2.72. The summed E-state index contributed by atoms with van der Waals surface area (Å²) < 4.78 is 54.4. The SMILES string of the molecule is Cc1ccc(S(=O)(=O)N2CCN(C(=O)C3CCN(S(=O)(=O)Cc4cccc(Cl)c4)CC3)CC2)cc1. The van der Waals surface area contributed by atoms with Crippen molar-refractivity contribution in [1.82, 2.24) is 13.5 Å². The molecule has 0 N–H and O–H groups in total. The van der Waals surface area contributed by atoms with E-state index in [2.05, 4.69) is 0 Å². The van der Waals surface area contributed by atoms with E-state index in [0.717, 1.165) is 5.56 Å². The van der Waals surface area contributed by atoms with Crippen molar-refractivity contribution in [3.8, 4) is 0 Å². The van der Waals surface area contributed by atoms with Gasteiger partial charge in [-0.2, -0.15) is 4.31 Å². The zero-order valence-corrected chi connectivity index (χ0v) is 22.0. The molecule has 8 nitrogen and oxygen atoms in total. The van der Waals surface area contributed by atoms with Gasteiger partial charge in [0.15, 0.2) is 0 Å². The number of carbonyl (C=O) groups is 1. The molecule has 35 heavy (non-hydrogen) atoms. The molecular formula is C24H30ClN3O5S2. The van der Waals surface area contributed by atoms with E-state index in [4.69, 9.17) is 11.6 Å². The van der Waals surface area contributed by atoms with Crippen LogP contribution in [0.2, 0.25) is 5.02 Å². The lowest BCUT2D eigenvalue weighted by Gasteiger charge is -2.38. The fraction of sp³-hybridized carbons (Fsp3) is 0.458. The van der Waals surface area contributed by atoms with E-state index in [-0.39, 0.29) is 35.6 Å². The van der Waals surface area contributed by atoms with E-state index in [1.807, 2.05) is 6.92 Å². The first-order valence-electron chi connectivity index (χ1n) is 11.6. The molecular weight excluding hydrogens is 510 g/mol. The summed E-state index contributed by atoms with van der Waals surface area (Å²) in [6.07, 6.45) is 0.908. The van der Waals surface area contributed by atoms with Crippen molar-refractivity contribution in [3.05, 3.63) is 64.7 Å². The Morgan fingerprint density at radius 3 is 2.11 bits per heavy atom. The standard InChI is InChI=1S/C24H30ClN3O5S2/c1-19-5-7-23(8-6-19)35(32,33)28-15-13-26(14-16-28)24(29)21-9-11-27(12-10-21)34(30,31)18-20-3-2-4-22(25)17-20/h2-8,17,21H,9-16,18H2,1H3. The average molecular weight is 540 g/mol. The summed E-state index contributed by atoms with van der Waals surface area (Å²) in [5, 5.41) is 0.494. The monoisotopic (exact) mass is 539 g/mol. The molecule has 2 aliphatic rings. The molecule has 2 heterocycles. The zero-order chi connectivity index (χ0) is 25.2. The van der Waals surface area contributed by atoms with Crippen molar-refractivity contribution in [3.63, 3.8) is 0 Å². The van der Waals surface area contributed by atoms with Gasteiger partial charge in [0.1, 0.15) is 0 Å². The number of nitrogens with zero attached hydrogens (tertiary/aromatic N) is 3. The van der Waals surface area contributed by atoms with Crippen molar-refractivity contribution >= 4 is 37.6 Å². The average Bonchev–Trinajstić information content (AvgIpc) is 2.84. The highest BCUT2D eigenvalue weighted by atomic mass is 35.5. The summed E-state index contributed by atoms with van der Waals surface area (Å²) in [5.41, 5.74) is 1.62. The van der Waals surface area contributed by atoms with Gasteiger partial charge in [-0.05, 0) is 49.6 Å². The van der Waals surface area contributed by atoms with Crippen LogP contribution in [-0.4, -0.2) is 75.5 Å². The highest BCUT2D eigenvalue weighted by Crippen LogP contribution is 2.25. The number of amides is 1. The molecule has 2 fully saturated rings. The van der Waals surface area contributed by atoms with E-state index in [0.29, 0.717) is 49.6 Å². The first-order valence-corrected chi connectivity index (χ1v) is 15.1. The molecule has 2 saturated heterocycles. The third-order valence-electron chi connectivity index (χ3n) is 6.64. The second-order valence-electron chi connectivity index (χ2n) is 9.10. The number of aryl methyl sites for hydroxylation is 1. The fourth-order valence-corrected chi connectivity index (χ4v) is 7.76. The maximum atomic E-state index is 13.1. The summed E-state index contributed by atoms with van der Waals surface area (Å²) in [6.45, 7) is 3.64. The van der Waals surface area contributed by atoms with Crippen LogP contribution in [0.1, 0.15) is 24.0 Å². The minimum atomic E-state index is -3.59. The molecule has 4 rings (SSSR count). The van der Waals surface area contributed by atoms with E-state index in [9.17, 15) is 21.6 Å². The van der Waals surface area contributed by atoms with Gasteiger partial charge < -0.3 is 4.90 Å². The van der Waals surface area contributed by atoms with Gasteiger partial charge in [-0.1, -0.05) is 41.4 Å². The maximum Gasteiger partial charge on any atom is 0.243 e. The third kappa shape index (κ3) is 6.06. The van der Waals surface area contributed by atoms with E-state index < -0.39 is 20.0 Å². The Kier molecular flexibility index (Phi) is 7.87. The van der Waals surface area contributed by atoms with Crippen LogP contribution in [0.4, 0.5) is 0 Å². The summed E-state index contributed by atoms with van der Waals surface area (Å²) in [7, 11) is -7.09. The van der Waals surface area contributed by atoms with Crippen LogP contribution in [0.25, 0.3) is 0 Å². The fourth-order valence-electron chi connectivity index (χ4n) is 4.58. The van der Waals surface area contributed by atoms with Crippen molar-refractivity contribution in [2.24, 2.45) is 5.92 Å². The van der Waals surface area contributed by atoms with Crippen LogP contribution >= 0.6 is 11.6 Å². The first-order chi connectivity index (χ1) is 16.6. The third-order valence-corrected chi connectivity index (χ3v) is 10.6. The molecule has 0 aliphatic carbocycles. The largest absolute Gasteiger partial charge is 0.340 e. The van der Waals surface area contributed by atoms with E-state index in [1.54, 1.807) is 53.4 Å². The molecule has 0 spiro atoms. The topological polar surface area (TPSA) is 95.1 Å². The number of halogens is 1. The lowest BCUT2D eigenvalue weighted by Crippen LogP contribution is -2.53. The molecule has 190 valence electrons. The molecule has 0 radical (unpaired) electrons. The first kappa shape index (κ1) is 26.1. The van der Waals surface area contributed by atoms with Crippen LogP contribution in [-0.2, 0) is 30.6 Å².